The van der Waals surface area contributed by atoms with Gasteiger partial charge in [0.15, 0.2) is 0 Å². The lowest BCUT2D eigenvalue weighted by molar-refractivity contribution is -0.118. The van der Waals surface area contributed by atoms with Crippen molar-refractivity contribution in [3.05, 3.63) is 34.9 Å². The number of Topliss-reactive ketones (excluding diaryl/α,β-unsaturated/α-hetero) is 1. The highest BCUT2D eigenvalue weighted by molar-refractivity contribution is 6.30. The molecular formula is C14H20ClNO. The van der Waals surface area contributed by atoms with Gasteiger partial charge in [-0.05, 0) is 45.5 Å². The standard InChI is InChI=1S/C14H20ClNO/c1-10(8-11(2)17)16(4)12(3)13-6-5-7-14(15)9-13/h5-7,9-10,12H,8H2,1-4H3. The van der Waals surface area contributed by atoms with Crippen LogP contribution in [0.1, 0.15) is 38.8 Å². The molecule has 2 nitrogen and oxygen atoms in total. The van der Waals surface area contributed by atoms with Crippen LogP contribution in [0.15, 0.2) is 24.3 Å². The molecule has 3 heteroatoms. The van der Waals surface area contributed by atoms with Crippen molar-refractivity contribution < 1.29 is 4.79 Å². The monoisotopic (exact) mass is 253 g/mol. The minimum atomic E-state index is 0.225. The van der Waals surface area contributed by atoms with E-state index in [0.29, 0.717) is 6.42 Å². The molecule has 0 aliphatic heterocycles. The Hall–Kier alpha value is -0.860. The number of carbonyl (C=O) groups excluding carboxylic acids is 1. The number of rotatable bonds is 5. The molecule has 0 aliphatic rings. The van der Waals surface area contributed by atoms with Gasteiger partial charge in [0.1, 0.15) is 5.78 Å². The van der Waals surface area contributed by atoms with Crippen molar-refractivity contribution in [2.75, 3.05) is 7.05 Å². The van der Waals surface area contributed by atoms with Gasteiger partial charge in [0.25, 0.3) is 0 Å². The molecule has 0 aromatic heterocycles. The first kappa shape index (κ1) is 14.2. The van der Waals surface area contributed by atoms with Crippen molar-refractivity contribution in [3.63, 3.8) is 0 Å². The second kappa shape index (κ2) is 6.18. The van der Waals surface area contributed by atoms with Crippen LogP contribution in [0.25, 0.3) is 0 Å². The molecule has 94 valence electrons. The zero-order valence-corrected chi connectivity index (χ0v) is 11.7. The van der Waals surface area contributed by atoms with Crippen LogP contribution in [0.5, 0.6) is 0 Å². The second-order valence-corrected chi connectivity index (χ2v) is 5.09. The molecule has 0 amide bonds. The van der Waals surface area contributed by atoms with E-state index in [9.17, 15) is 4.79 Å². The molecule has 2 unspecified atom stereocenters. The topological polar surface area (TPSA) is 20.3 Å². The zero-order valence-electron chi connectivity index (χ0n) is 10.9. The summed E-state index contributed by atoms with van der Waals surface area (Å²) < 4.78 is 0. The van der Waals surface area contributed by atoms with Crippen molar-refractivity contribution in [1.82, 2.24) is 4.90 Å². The van der Waals surface area contributed by atoms with E-state index in [4.69, 9.17) is 11.6 Å². The zero-order chi connectivity index (χ0) is 13.0. The molecule has 2 atom stereocenters. The third kappa shape index (κ3) is 4.14. The lowest BCUT2D eigenvalue weighted by atomic mass is 10.0. The highest BCUT2D eigenvalue weighted by atomic mass is 35.5. The number of hydrogen-bond acceptors (Lipinski definition) is 2. The molecule has 1 aromatic rings. The molecular weight excluding hydrogens is 234 g/mol. The van der Waals surface area contributed by atoms with Crippen molar-refractivity contribution in [2.45, 2.75) is 39.3 Å². The number of hydrogen-bond donors (Lipinski definition) is 0. The maximum absolute atomic E-state index is 11.1. The van der Waals surface area contributed by atoms with E-state index >= 15 is 0 Å². The summed E-state index contributed by atoms with van der Waals surface area (Å²) in [5, 5.41) is 0.752. The normalized spacial score (nSPS) is 14.7. The average molecular weight is 254 g/mol. The van der Waals surface area contributed by atoms with Crippen molar-refractivity contribution >= 4 is 17.4 Å². The van der Waals surface area contributed by atoms with Crippen LogP contribution >= 0.6 is 11.6 Å². The SMILES string of the molecule is CC(=O)CC(C)N(C)C(C)c1cccc(Cl)c1. The summed E-state index contributed by atoms with van der Waals surface area (Å²) in [7, 11) is 2.04. The fraction of sp³-hybridized carbons (Fsp3) is 0.500. The molecule has 1 aromatic carbocycles. The van der Waals surface area contributed by atoms with Gasteiger partial charge in [-0.25, -0.2) is 0 Å². The van der Waals surface area contributed by atoms with Gasteiger partial charge < -0.3 is 0 Å². The minimum absolute atomic E-state index is 0.225. The summed E-state index contributed by atoms with van der Waals surface area (Å²) in [4.78, 5) is 13.3. The fourth-order valence-corrected chi connectivity index (χ4v) is 2.14. The van der Waals surface area contributed by atoms with E-state index in [2.05, 4.69) is 24.8 Å². The molecule has 0 radical (unpaired) electrons. The summed E-state index contributed by atoms with van der Waals surface area (Å²) in [5.41, 5.74) is 1.18. The maximum atomic E-state index is 11.1. The molecule has 1 rings (SSSR count). The Balaban J connectivity index is 2.75. The van der Waals surface area contributed by atoms with E-state index in [-0.39, 0.29) is 17.9 Å². The summed E-state index contributed by atoms with van der Waals surface area (Å²) in [5.74, 6) is 0.225. The second-order valence-electron chi connectivity index (χ2n) is 4.65. The predicted octanol–water partition coefficient (Wildman–Crippen LogP) is 3.70. The van der Waals surface area contributed by atoms with Crippen LogP contribution in [0, 0.1) is 0 Å². The lowest BCUT2D eigenvalue weighted by Crippen LogP contribution is -2.33. The van der Waals surface area contributed by atoms with Gasteiger partial charge in [-0.2, -0.15) is 0 Å². The number of benzene rings is 1. The smallest absolute Gasteiger partial charge is 0.131 e. The number of halogens is 1. The first-order valence-corrected chi connectivity index (χ1v) is 6.26. The molecule has 0 heterocycles. The third-order valence-electron chi connectivity index (χ3n) is 3.22. The molecule has 0 N–H and O–H groups in total. The summed E-state index contributed by atoms with van der Waals surface area (Å²) in [6.45, 7) is 5.83. The van der Waals surface area contributed by atoms with Crippen LogP contribution in [0.3, 0.4) is 0 Å². The Morgan fingerprint density at radius 1 is 1.41 bits per heavy atom. The van der Waals surface area contributed by atoms with Crippen LogP contribution in [-0.4, -0.2) is 23.8 Å². The number of carbonyl (C=O) groups is 1. The molecule has 17 heavy (non-hydrogen) atoms. The quantitative estimate of drug-likeness (QED) is 0.798. The Morgan fingerprint density at radius 3 is 2.59 bits per heavy atom. The van der Waals surface area contributed by atoms with Crippen LogP contribution in [-0.2, 0) is 4.79 Å². The van der Waals surface area contributed by atoms with Gasteiger partial charge in [-0.3, -0.25) is 9.69 Å². The van der Waals surface area contributed by atoms with Crippen LogP contribution < -0.4 is 0 Å². The van der Waals surface area contributed by atoms with E-state index in [1.807, 2.05) is 25.2 Å². The third-order valence-corrected chi connectivity index (χ3v) is 3.46. The van der Waals surface area contributed by atoms with Gasteiger partial charge in [-0.1, -0.05) is 23.7 Å². The van der Waals surface area contributed by atoms with E-state index < -0.39 is 0 Å². The van der Waals surface area contributed by atoms with Crippen molar-refractivity contribution in [3.8, 4) is 0 Å². The molecule has 0 saturated heterocycles. The Kier molecular flexibility index (Phi) is 5.16. The first-order chi connectivity index (χ1) is 7.91. The molecule has 0 bridgehead atoms. The Morgan fingerprint density at radius 2 is 2.06 bits per heavy atom. The highest BCUT2D eigenvalue weighted by Crippen LogP contribution is 2.24. The number of ketones is 1. The fourth-order valence-electron chi connectivity index (χ4n) is 1.94. The summed E-state index contributed by atoms with van der Waals surface area (Å²) >= 11 is 5.98. The van der Waals surface area contributed by atoms with E-state index in [1.165, 1.54) is 5.56 Å². The Bertz CT molecular complexity index is 392. The van der Waals surface area contributed by atoms with Crippen LogP contribution in [0.2, 0.25) is 5.02 Å². The lowest BCUT2D eigenvalue weighted by Gasteiger charge is -2.30. The first-order valence-electron chi connectivity index (χ1n) is 5.88. The number of nitrogens with zero attached hydrogens (tertiary/aromatic N) is 1. The molecule has 0 spiro atoms. The van der Waals surface area contributed by atoms with Crippen molar-refractivity contribution in [2.24, 2.45) is 0 Å². The molecule has 0 fully saturated rings. The van der Waals surface area contributed by atoms with Crippen LogP contribution in [0.4, 0.5) is 0 Å². The maximum Gasteiger partial charge on any atom is 0.131 e. The van der Waals surface area contributed by atoms with Gasteiger partial charge in [-0.15, -0.1) is 0 Å². The van der Waals surface area contributed by atoms with Gasteiger partial charge in [0.2, 0.25) is 0 Å². The van der Waals surface area contributed by atoms with E-state index in [1.54, 1.807) is 6.92 Å². The van der Waals surface area contributed by atoms with Gasteiger partial charge >= 0.3 is 0 Å². The highest BCUT2D eigenvalue weighted by Gasteiger charge is 2.18. The average Bonchev–Trinajstić information content (AvgIpc) is 2.26. The minimum Gasteiger partial charge on any atom is -0.300 e. The van der Waals surface area contributed by atoms with Gasteiger partial charge in [0, 0.05) is 23.5 Å². The molecule has 0 saturated carbocycles. The van der Waals surface area contributed by atoms with Gasteiger partial charge in [0.05, 0.1) is 0 Å². The summed E-state index contributed by atoms with van der Waals surface area (Å²) in [6, 6.07) is 8.36. The summed E-state index contributed by atoms with van der Waals surface area (Å²) in [6.07, 6.45) is 0.585. The van der Waals surface area contributed by atoms with E-state index in [0.717, 1.165) is 5.02 Å². The largest absolute Gasteiger partial charge is 0.300 e. The Labute approximate surface area is 109 Å². The molecule has 0 aliphatic carbocycles. The predicted molar refractivity (Wildman–Crippen MR) is 72.4 cm³/mol. The van der Waals surface area contributed by atoms with Crippen molar-refractivity contribution in [1.29, 1.82) is 0 Å².